The summed E-state index contributed by atoms with van der Waals surface area (Å²) in [6.45, 7) is 5.59. The number of alkyl carbamates (subject to hydrolysis) is 1. The van der Waals surface area contributed by atoms with E-state index in [2.05, 4.69) is 41.5 Å². The summed E-state index contributed by atoms with van der Waals surface area (Å²) in [7, 11) is 0. The van der Waals surface area contributed by atoms with E-state index in [-0.39, 0.29) is 37.3 Å². The molecule has 3 rings (SSSR count). The molecule has 3 N–H and O–H groups in total. The molecule has 0 aromatic heterocycles. The molecule has 0 saturated carbocycles. The summed E-state index contributed by atoms with van der Waals surface area (Å²) in [6, 6.07) is 15.2. The molecule has 0 saturated heterocycles. The predicted molar refractivity (Wildman–Crippen MR) is 126 cm³/mol. The summed E-state index contributed by atoms with van der Waals surface area (Å²) in [5.74, 6) is -1.42. The van der Waals surface area contributed by atoms with E-state index in [0.717, 1.165) is 11.1 Å². The van der Waals surface area contributed by atoms with Crippen molar-refractivity contribution in [3.8, 4) is 11.1 Å². The Balaban J connectivity index is 1.43. The van der Waals surface area contributed by atoms with Gasteiger partial charge in [0.05, 0.1) is 0 Å². The largest absolute Gasteiger partial charge is 0.480 e. The summed E-state index contributed by atoms with van der Waals surface area (Å²) in [5.41, 5.74) is 4.65. The van der Waals surface area contributed by atoms with Gasteiger partial charge in [0.25, 0.3) is 0 Å². The van der Waals surface area contributed by atoms with Crippen LogP contribution in [-0.2, 0) is 14.3 Å². The van der Waals surface area contributed by atoms with Crippen molar-refractivity contribution in [1.29, 1.82) is 0 Å². The molecule has 0 aliphatic heterocycles. The average Bonchev–Trinajstić information content (AvgIpc) is 3.11. The number of hydrogen-bond acceptors (Lipinski definition) is 4. The molecule has 2 amide bonds. The Morgan fingerprint density at radius 3 is 2.24 bits per heavy atom. The smallest absolute Gasteiger partial charge is 0.407 e. The Morgan fingerprint density at radius 1 is 1.06 bits per heavy atom. The van der Waals surface area contributed by atoms with Gasteiger partial charge in [-0.15, -0.1) is 6.58 Å². The van der Waals surface area contributed by atoms with Gasteiger partial charge >= 0.3 is 12.1 Å². The highest BCUT2D eigenvalue weighted by Crippen LogP contribution is 2.44. The van der Waals surface area contributed by atoms with Crippen molar-refractivity contribution in [2.75, 3.05) is 6.61 Å². The number of nitrogens with one attached hydrogen (secondary N) is 2. The number of carboxylic acids is 1. The fraction of sp³-hybridized carbons (Fsp3) is 0.346. The number of amides is 2. The van der Waals surface area contributed by atoms with Gasteiger partial charge in [-0.3, -0.25) is 4.79 Å². The zero-order chi connectivity index (χ0) is 23.8. The minimum absolute atomic E-state index is 0.0000938. The zero-order valence-electron chi connectivity index (χ0n) is 18.8. The number of carboxylic acid groups (broad SMARTS) is 1. The molecule has 174 valence electrons. The van der Waals surface area contributed by atoms with Gasteiger partial charge in [0.1, 0.15) is 12.6 Å². The molecule has 7 nitrogen and oxygen atoms in total. The molecule has 0 heterocycles. The third kappa shape index (κ3) is 6.22. The van der Waals surface area contributed by atoms with E-state index < -0.39 is 18.1 Å². The molecular weight excluding hydrogens is 420 g/mol. The molecule has 0 bridgehead atoms. The summed E-state index contributed by atoms with van der Waals surface area (Å²) in [4.78, 5) is 35.4. The third-order valence-electron chi connectivity index (χ3n) is 5.78. The van der Waals surface area contributed by atoms with Crippen LogP contribution in [0.4, 0.5) is 4.79 Å². The van der Waals surface area contributed by atoms with Crippen molar-refractivity contribution in [3.05, 3.63) is 72.3 Å². The van der Waals surface area contributed by atoms with Gasteiger partial charge in [-0.2, -0.15) is 0 Å². The normalized spacial score (nSPS) is 13.8. The van der Waals surface area contributed by atoms with Crippen molar-refractivity contribution in [3.63, 3.8) is 0 Å². The van der Waals surface area contributed by atoms with Crippen molar-refractivity contribution < 1.29 is 24.2 Å². The maximum atomic E-state index is 12.3. The van der Waals surface area contributed by atoms with E-state index in [1.807, 2.05) is 31.2 Å². The molecule has 1 aliphatic carbocycles. The highest BCUT2D eigenvalue weighted by Gasteiger charge is 2.29. The lowest BCUT2D eigenvalue weighted by molar-refractivity contribution is -0.141. The van der Waals surface area contributed by atoms with Gasteiger partial charge in [-0.25, -0.2) is 9.59 Å². The highest BCUT2D eigenvalue weighted by atomic mass is 16.5. The quantitative estimate of drug-likeness (QED) is 0.445. The van der Waals surface area contributed by atoms with Gasteiger partial charge in [0, 0.05) is 18.4 Å². The standard InChI is InChI=1S/C26H30N2O5/c1-3-9-23(25(30)31)28-24(29)15-8-10-17(2)27-26(32)33-16-22-20-13-6-4-11-18(20)19-12-5-7-14-21(19)22/h3-7,11-14,17,22-23H,1,8-10,15-16H2,2H3,(H,27,32)(H,28,29)(H,30,31). The Morgan fingerprint density at radius 2 is 1.67 bits per heavy atom. The molecular formula is C26H30N2O5. The molecule has 33 heavy (non-hydrogen) atoms. The van der Waals surface area contributed by atoms with E-state index in [1.165, 1.54) is 17.2 Å². The van der Waals surface area contributed by atoms with Gasteiger partial charge in [-0.05, 0) is 48.4 Å². The molecule has 0 spiro atoms. The molecule has 0 fully saturated rings. The van der Waals surface area contributed by atoms with Gasteiger partial charge < -0.3 is 20.5 Å². The lowest BCUT2D eigenvalue weighted by Crippen LogP contribution is -2.40. The molecule has 1 aliphatic rings. The lowest BCUT2D eigenvalue weighted by atomic mass is 9.98. The van der Waals surface area contributed by atoms with E-state index >= 15 is 0 Å². The Hall–Kier alpha value is -3.61. The van der Waals surface area contributed by atoms with Crippen LogP contribution in [0, 0.1) is 0 Å². The van der Waals surface area contributed by atoms with Crippen molar-refractivity contribution in [2.24, 2.45) is 0 Å². The number of carbonyl (C=O) groups is 3. The Labute approximate surface area is 193 Å². The molecule has 2 aromatic carbocycles. The molecule has 2 unspecified atom stereocenters. The number of rotatable bonds is 11. The Kier molecular flexibility index (Phi) is 8.24. The van der Waals surface area contributed by atoms with Crippen LogP contribution >= 0.6 is 0 Å². The van der Waals surface area contributed by atoms with E-state index in [4.69, 9.17) is 9.84 Å². The number of ether oxygens (including phenoxy) is 1. The zero-order valence-corrected chi connectivity index (χ0v) is 18.8. The maximum absolute atomic E-state index is 12.3. The van der Waals surface area contributed by atoms with Gasteiger partial charge in [0.15, 0.2) is 0 Å². The number of benzene rings is 2. The monoisotopic (exact) mass is 450 g/mol. The molecule has 2 atom stereocenters. The second-order valence-corrected chi connectivity index (χ2v) is 8.25. The topological polar surface area (TPSA) is 105 Å². The van der Waals surface area contributed by atoms with E-state index in [9.17, 15) is 14.4 Å². The molecule has 0 radical (unpaired) electrons. The minimum Gasteiger partial charge on any atom is -0.480 e. The Bertz CT molecular complexity index is 974. The first-order valence-corrected chi connectivity index (χ1v) is 11.1. The van der Waals surface area contributed by atoms with Crippen molar-refractivity contribution >= 4 is 18.0 Å². The van der Waals surface area contributed by atoms with Crippen molar-refractivity contribution in [1.82, 2.24) is 10.6 Å². The predicted octanol–water partition coefficient (Wildman–Crippen LogP) is 4.23. The first kappa shape index (κ1) is 24.0. The van der Waals surface area contributed by atoms with Gasteiger partial charge in [0.2, 0.25) is 5.91 Å². The number of carbonyl (C=O) groups excluding carboxylic acids is 2. The highest BCUT2D eigenvalue weighted by molar-refractivity contribution is 5.83. The lowest BCUT2D eigenvalue weighted by Gasteiger charge is -2.17. The summed E-state index contributed by atoms with van der Waals surface area (Å²) >= 11 is 0. The summed E-state index contributed by atoms with van der Waals surface area (Å²) in [5, 5.41) is 14.4. The summed E-state index contributed by atoms with van der Waals surface area (Å²) in [6.07, 6.45) is 2.39. The van der Waals surface area contributed by atoms with Crippen LogP contribution in [0.15, 0.2) is 61.2 Å². The van der Waals surface area contributed by atoms with E-state index in [0.29, 0.717) is 12.8 Å². The second kappa shape index (κ2) is 11.3. The maximum Gasteiger partial charge on any atom is 0.407 e. The van der Waals surface area contributed by atoms with E-state index in [1.54, 1.807) is 0 Å². The van der Waals surface area contributed by atoms with Gasteiger partial charge in [-0.1, -0.05) is 54.6 Å². The van der Waals surface area contributed by atoms with Crippen LogP contribution < -0.4 is 10.6 Å². The molecule has 7 heteroatoms. The van der Waals surface area contributed by atoms with Crippen molar-refractivity contribution in [2.45, 2.75) is 50.6 Å². The number of hydrogen-bond donors (Lipinski definition) is 3. The average molecular weight is 451 g/mol. The van der Waals surface area contributed by atoms with Crippen LogP contribution in [-0.4, -0.2) is 41.8 Å². The third-order valence-corrected chi connectivity index (χ3v) is 5.78. The molecule has 2 aromatic rings. The van der Waals surface area contributed by atoms with Crippen LogP contribution in [0.2, 0.25) is 0 Å². The van der Waals surface area contributed by atoms with Crippen LogP contribution in [0.3, 0.4) is 0 Å². The SMILES string of the molecule is C=CCC(NC(=O)CCCC(C)NC(=O)OCC1c2ccccc2-c2ccccc21)C(=O)O. The first-order valence-electron chi connectivity index (χ1n) is 11.1. The fourth-order valence-electron chi connectivity index (χ4n) is 4.14. The second-order valence-electron chi connectivity index (χ2n) is 8.25. The van der Waals surface area contributed by atoms with Crippen LogP contribution in [0.5, 0.6) is 0 Å². The summed E-state index contributed by atoms with van der Waals surface area (Å²) < 4.78 is 5.54. The number of aliphatic carboxylic acids is 1. The van der Waals surface area contributed by atoms with Crippen LogP contribution in [0.1, 0.15) is 49.7 Å². The van der Waals surface area contributed by atoms with Crippen LogP contribution in [0.25, 0.3) is 11.1 Å². The number of fused-ring (bicyclic) bond motifs is 3. The minimum atomic E-state index is -1.09. The fourth-order valence-corrected chi connectivity index (χ4v) is 4.14. The first-order chi connectivity index (χ1) is 15.9.